The summed E-state index contributed by atoms with van der Waals surface area (Å²) in [6.07, 6.45) is -2.82. The standard InChI is InChI=1S/C23H17ClF3N7/c1-2-34(16-9-8-13(11-15(16)24)23(25,26)27)22-30-18(19-20(31-22)21(28)33-32-19)14-7-3-5-12-6-4-10-29-17(12)14/h3-11H,2H2,1H3,(H3,28,32,33). The number of nitrogens with one attached hydrogen (secondary N) is 1. The first-order valence-electron chi connectivity index (χ1n) is 10.3. The van der Waals surface area contributed by atoms with Crippen molar-refractivity contribution in [3.63, 3.8) is 0 Å². The zero-order chi connectivity index (χ0) is 24.0. The fraction of sp³-hybridized carbons (Fsp3) is 0.130. The highest BCUT2D eigenvalue weighted by Gasteiger charge is 2.31. The van der Waals surface area contributed by atoms with Gasteiger partial charge in [-0.25, -0.2) is 9.97 Å². The lowest BCUT2D eigenvalue weighted by atomic mass is 10.1. The highest BCUT2D eigenvalue weighted by molar-refractivity contribution is 6.33. The minimum Gasteiger partial charge on any atom is -0.380 e. The number of anilines is 3. The molecule has 0 atom stereocenters. The molecule has 3 heterocycles. The minimum atomic E-state index is -4.51. The number of hydrogen-bond acceptors (Lipinski definition) is 6. The number of pyridine rings is 1. The molecule has 2 aromatic carbocycles. The van der Waals surface area contributed by atoms with Crippen LogP contribution in [0.15, 0.2) is 54.7 Å². The normalized spacial score (nSPS) is 11.9. The molecule has 7 nitrogen and oxygen atoms in total. The first kappa shape index (κ1) is 21.9. The zero-order valence-electron chi connectivity index (χ0n) is 17.7. The molecular weight excluding hydrogens is 467 g/mol. The number of fused-ring (bicyclic) bond motifs is 2. The molecule has 0 saturated carbocycles. The third kappa shape index (κ3) is 3.65. The van der Waals surface area contributed by atoms with E-state index in [9.17, 15) is 13.2 Å². The van der Waals surface area contributed by atoms with Gasteiger partial charge in [-0.15, -0.1) is 0 Å². The zero-order valence-corrected chi connectivity index (χ0v) is 18.5. The van der Waals surface area contributed by atoms with Crippen LogP contribution in [0, 0.1) is 0 Å². The van der Waals surface area contributed by atoms with E-state index in [0.29, 0.717) is 29.0 Å². The predicted octanol–water partition coefficient (Wildman–Crippen LogP) is 5.98. The second-order valence-electron chi connectivity index (χ2n) is 7.49. The number of halogens is 4. The monoisotopic (exact) mass is 483 g/mol. The first-order chi connectivity index (χ1) is 16.3. The molecular formula is C23H17ClF3N7. The Morgan fingerprint density at radius 1 is 1.06 bits per heavy atom. The number of H-pyrrole nitrogens is 1. The summed E-state index contributed by atoms with van der Waals surface area (Å²) in [6, 6.07) is 12.6. The fourth-order valence-corrected chi connectivity index (χ4v) is 4.12. The summed E-state index contributed by atoms with van der Waals surface area (Å²) in [5, 5.41) is 7.80. The van der Waals surface area contributed by atoms with Crippen molar-refractivity contribution in [2.75, 3.05) is 17.2 Å². The van der Waals surface area contributed by atoms with E-state index in [-0.39, 0.29) is 16.8 Å². The number of aromatic amines is 1. The summed E-state index contributed by atoms with van der Waals surface area (Å²) < 4.78 is 39.4. The molecule has 3 N–H and O–H groups in total. The van der Waals surface area contributed by atoms with E-state index in [1.807, 2.05) is 37.3 Å². The molecule has 11 heteroatoms. The molecule has 0 radical (unpaired) electrons. The van der Waals surface area contributed by atoms with Gasteiger partial charge >= 0.3 is 6.18 Å². The highest BCUT2D eigenvalue weighted by Crippen LogP contribution is 2.38. The van der Waals surface area contributed by atoms with E-state index >= 15 is 0 Å². The molecule has 5 aromatic rings. The Morgan fingerprint density at radius 3 is 2.59 bits per heavy atom. The van der Waals surface area contributed by atoms with Crippen molar-refractivity contribution in [1.29, 1.82) is 0 Å². The summed E-state index contributed by atoms with van der Waals surface area (Å²) >= 11 is 6.27. The molecule has 0 aliphatic rings. The van der Waals surface area contributed by atoms with Gasteiger partial charge in [-0.3, -0.25) is 10.1 Å². The van der Waals surface area contributed by atoms with Crippen LogP contribution in [0.25, 0.3) is 33.2 Å². The van der Waals surface area contributed by atoms with Gasteiger partial charge in [-0.2, -0.15) is 18.3 Å². The predicted molar refractivity (Wildman–Crippen MR) is 126 cm³/mol. The maximum absolute atomic E-state index is 13.1. The van der Waals surface area contributed by atoms with Crippen LogP contribution in [-0.4, -0.2) is 31.7 Å². The first-order valence-corrected chi connectivity index (χ1v) is 10.7. The van der Waals surface area contributed by atoms with Crippen LogP contribution >= 0.6 is 11.6 Å². The second kappa shape index (κ2) is 8.14. The lowest BCUT2D eigenvalue weighted by molar-refractivity contribution is -0.137. The number of aromatic nitrogens is 5. The molecule has 0 spiro atoms. The summed E-state index contributed by atoms with van der Waals surface area (Å²) in [4.78, 5) is 15.4. The maximum atomic E-state index is 13.1. The van der Waals surface area contributed by atoms with Crippen molar-refractivity contribution in [2.24, 2.45) is 0 Å². The van der Waals surface area contributed by atoms with Crippen LogP contribution in [0.4, 0.5) is 30.6 Å². The van der Waals surface area contributed by atoms with Gasteiger partial charge in [0.15, 0.2) is 5.82 Å². The van der Waals surface area contributed by atoms with Crippen LogP contribution in [0.5, 0.6) is 0 Å². The third-order valence-electron chi connectivity index (χ3n) is 5.44. The van der Waals surface area contributed by atoms with E-state index in [1.165, 1.54) is 6.07 Å². The number of rotatable bonds is 4. The summed E-state index contributed by atoms with van der Waals surface area (Å²) in [5.74, 6) is 0.385. The summed E-state index contributed by atoms with van der Waals surface area (Å²) in [5.41, 5.74) is 8.42. The van der Waals surface area contributed by atoms with Crippen molar-refractivity contribution < 1.29 is 13.2 Å². The number of nitrogen functional groups attached to an aromatic ring is 1. The Hall–Kier alpha value is -3.92. The van der Waals surface area contributed by atoms with Crippen LogP contribution in [-0.2, 0) is 6.18 Å². The van der Waals surface area contributed by atoms with Crippen molar-refractivity contribution in [3.8, 4) is 11.3 Å². The average Bonchev–Trinajstić information content (AvgIpc) is 3.20. The highest BCUT2D eigenvalue weighted by atomic mass is 35.5. The number of para-hydroxylation sites is 1. The van der Waals surface area contributed by atoms with Crippen LogP contribution < -0.4 is 10.6 Å². The Kier molecular flexibility index (Phi) is 5.24. The van der Waals surface area contributed by atoms with E-state index in [4.69, 9.17) is 22.3 Å². The van der Waals surface area contributed by atoms with Gasteiger partial charge in [0, 0.05) is 23.7 Å². The van der Waals surface area contributed by atoms with E-state index in [0.717, 1.165) is 28.6 Å². The van der Waals surface area contributed by atoms with E-state index in [2.05, 4.69) is 20.2 Å². The van der Waals surface area contributed by atoms with Crippen molar-refractivity contribution in [1.82, 2.24) is 25.1 Å². The number of nitrogens with zero attached hydrogens (tertiary/aromatic N) is 5. The Labute approximate surface area is 196 Å². The maximum Gasteiger partial charge on any atom is 0.416 e. The lowest BCUT2D eigenvalue weighted by Gasteiger charge is -2.23. The Balaban J connectivity index is 1.73. The van der Waals surface area contributed by atoms with Crippen molar-refractivity contribution in [3.05, 3.63) is 65.3 Å². The topological polar surface area (TPSA) is 96.6 Å². The molecule has 3 aromatic heterocycles. The largest absolute Gasteiger partial charge is 0.416 e. The van der Waals surface area contributed by atoms with Gasteiger partial charge in [0.05, 0.1) is 21.8 Å². The smallest absolute Gasteiger partial charge is 0.380 e. The average molecular weight is 484 g/mol. The molecule has 0 unspecified atom stereocenters. The summed E-state index contributed by atoms with van der Waals surface area (Å²) in [7, 11) is 0. The number of alkyl halides is 3. The van der Waals surface area contributed by atoms with Gasteiger partial charge in [0.2, 0.25) is 5.95 Å². The summed E-state index contributed by atoms with van der Waals surface area (Å²) in [6.45, 7) is 2.15. The lowest BCUT2D eigenvalue weighted by Crippen LogP contribution is -2.20. The van der Waals surface area contributed by atoms with Crippen molar-refractivity contribution >= 4 is 51.0 Å². The molecule has 0 saturated heterocycles. The van der Waals surface area contributed by atoms with Gasteiger partial charge in [-0.1, -0.05) is 35.9 Å². The molecule has 0 amide bonds. The number of hydrogen-bond donors (Lipinski definition) is 2. The van der Waals surface area contributed by atoms with E-state index in [1.54, 1.807) is 11.1 Å². The Morgan fingerprint density at radius 2 is 1.85 bits per heavy atom. The van der Waals surface area contributed by atoms with Crippen LogP contribution in [0.3, 0.4) is 0 Å². The third-order valence-corrected chi connectivity index (χ3v) is 5.74. The number of benzene rings is 2. The van der Waals surface area contributed by atoms with E-state index < -0.39 is 11.7 Å². The quantitative estimate of drug-likeness (QED) is 0.326. The molecule has 0 bridgehead atoms. The minimum absolute atomic E-state index is 0.0751. The Bertz CT molecular complexity index is 1530. The van der Waals surface area contributed by atoms with Gasteiger partial charge in [0.1, 0.15) is 16.7 Å². The van der Waals surface area contributed by atoms with Crippen molar-refractivity contribution in [2.45, 2.75) is 13.1 Å². The fourth-order valence-electron chi connectivity index (χ4n) is 3.84. The SMILES string of the molecule is CCN(c1nc(-c2cccc3cccnc23)c2[nH]nc(N)c2n1)c1ccc(C(F)(F)F)cc1Cl. The van der Waals surface area contributed by atoms with Gasteiger partial charge in [-0.05, 0) is 31.2 Å². The molecule has 172 valence electrons. The van der Waals surface area contributed by atoms with Crippen LogP contribution in [0.2, 0.25) is 5.02 Å². The van der Waals surface area contributed by atoms with Gasteiger partial charge < -0.3 is 10.6 Å². The van der Waals surface area contributed by atoms with Gasteiger partial charge in [0.25, 0.3) is 0 Å². The molecule has 5 rings (SSSR count). The molecule has 0 aliphatic heterocycles. The molecule has 0 fully saturated rings. The van der Waals surface area contributed by atoms with Crippen LogP contribution in [0.1, 0.15) is 12.5 Å². The number of nitrogens with two attached hydrogens (primary N) is 1. The second-order valence-corrected chi connectivity index (χ2v) is 7.90. The molecule has 0 aliphatic carbocycles. The molecule has 34 heavy (non-hydrogen) atoms.